The van der Waals surface area contributed by atoms with Gasteiger partial charge in [0, 0.05) is 37.9 Å². The van der Waals surface area contributed by atoms with Gasteiger partial charge in [0.1, 0.15) is 12.4 Å². The highest BCUT2D eigenvalue weighted by Gasteiger charge is 2.23. The molecule has 8 nitrogen and oxygen atoms in total. The number of hydrogen-bond donors (Lipinski definition) is 1. The van der Waals surface area contributed by atoms with Gasteiger partial charge in [-0.15, -0.1) is 0 Å². The maximum atomic E-state index is 11.6. The Labute approximate surface area is 177 Å². The van der Waals surface area contributed by atoms with E-state index < -0.39 is 10.0 Å². The molecule has 3 rings (SSSR count). The quantitative estimate of drug-likeness (QED) is 0.663. The average molecular weight is 434 g/mol. The Kier molecular flexibility index (Phi) is 6.96. The van der Waals surface area contributed by atoms with E-state index in [1.54, 1.807) is 24.3 Å². The smallest absolute Gasteiger partial charge is 0.337 e. The van der Waals surface area contributed by atoms with Gasteiger partial charge in [0.05, 0.1) is 17.6 Å². The van der Waals surface area contributed by atoms with Gasteiger partial charge in [0.2, 0.25) is 10.0 Å². The lowest BCUT2D eigenvalue weighted by Gasteiger charge is -2.41. The monoisotopic (exact) mass is 433 g/mol. The Morgan fingerprint density at radius 1 is 1.10 bits per heavy atom. The summed E-state index contributed by atoms with van der Waals surface area (Å²) < 4.78 is 33.1. The van der Waals surface area contributed by atoms with Gasteiger partial charge in [-0.2, -0.15) is 0 Å². The lowest BCUT2D eigenvalue weighted by molar-refractivity contribution is 0.0600. The fourth-order valence-corrected chi connectivity index (χ4v) is 4.01. The number of benzene rings is 2. The minimum Gasteiger partial charge on any atom is -0.492 e. The molecule has 1 aliphatic rings. The molecule has 0 radical (unpaired) electrons. The van der Waals surface area contributed by atoms with Crippen LogP contribution in [0.15, 0.2) is 53.4 Å². The van der Waals surface area contributed by atoms with E-state index in [1.807, 2.05) is 12.1 Å². The zero-order chi connectivity index (χ0) is 21.7. The molecule has 162 valence electrons. The molecule has 0 amide bonds. The second-order valence-corrected chi connectivity index (χ2v) is 8.80. The van der Waals surface area contributed by atoms with Crippen molar-refractivity contribution in [3.8, 4) is 5.75 Å². The van der Waals surface area contributed by atoms with Crippen LogP contribution in [0.5, 0.6) is 5.75 Å². The van der Waals surface area contributed by atoms with Crippen LogP contribution in [0, 0.1) is 0 Å². The number of ether oxygens (including phenoxy) is 2. The van der Waals surface area contributed by atoms with Crippen molar-refractivity contribution < 1.29 is 22.7 Å². The molecule has 0 spiro atoms. The lowest BCUT2D eigenvalue weighted by Crippen LogP contribution is -2.52. The highest BCUT2D eigenvalue weighted by molar-refractivity contribution is 7.89. The minimum atomic E-state index is -3.69. The number of hydrogen-bond acceptors (Lipinski definition) is 7. The fraction of sp³-hybridized carbons (Fsp3) is 0.381. The molecule has 1 unspecified atom stereocenters. The third kappa shape index (κ3) is 5.50. The number of sulfonamides is 1. The summed E-state index contributed by atoms with van der Waals surface area (Å²) in [4.78, 5) is 16.3. The summed E-state index contributed by atoms with van der Waals surface area (Å²) in [5, 5.41) is 5.10. The zero-order valence-corrected chi connectivity index (χ0v) is 18.0. The molecule has 0 aromatic heterocycles. The largest absolute Gasteiger partial charge is 0.492 e. The van der Waals surface area contributed by atoms with E-state index in [-0.39, 0.29) is 10.9 Å². The first-order chi connectivity index (χ1) is 14.3. The number of carbonyl (C=O) groups is 1. The van der Waals surface area contributed by atoms with Gasteiger partial charge < -0.3 is 14.4 Å². The summed E-state index contributed by atoms with van der Waals surface area (Å²) in [6.45, 7) is 6.11. The van der Waals surface area contributed by atoms with Gasteiger partial charge in [0.15, 0.2) is 0 Å². The molecule has 0 saturated carbocycles. The van der Waals surface area contributed by atoms with Crippen LogP contribution in [-0.4, -0.2) is 65.2 Å². The molecule has 9 heteroatoms. The minimum absolute atomic E-state index is 0.0687. The van der Waals surface area contributed by atoms with E-state index in [9.17, 15) is 13.2 Å². The Bertz CT molecular complexity index is 961. The Morgan fingerprint density at radius 3 is 2.33 bits per heavy atom. The molecular weight excluding hydrogens is 406 g/mol. The number of nitrogens with zero attached hydrogens (tertiary/aromatic N) is 2. The Morgan fingerprint density at radius 2 is 1.77 bits per heavy atom. The standard InChI is InChI=1S/C21H27N3O5S/c1-16-15-24(18-5-3-17(4-6-18)21(25)28-2)12-11-23(16)13-14-29-19-7-9-20(10-8-19)30(22,26)27/h3-10,16H,11-15H2,1-2H3,(H2,22,26,27). The summed E-state index contributed by atoms with van der Waals surface area (Å²) in [6.07, 6.45) is 0. The van der Waals surface area contributed by atoms with Gasteiger partial charge in [-0.1, -0.05) is 0 Å². The molecule has 0 bridgehead atoms. The summed E-state index contributed by atoms with van der Waals surface area (Å²) in [7, 11) is -2.32. The van der Waals surface area contributed by atoms with Crippen LogP contribution in [0.25, 0.3) is 0 Å². The van der Waals surface area contributed by atoms with Crippen molar-refractivity contribution in [3.05, 3.63) is 54.1 Å². The van der Waals surface area contributed by atoms with E-state index in [1.165, 1.54) is 19.2 Å². The fourth-order valence-electron chi connectivity index (χ4n) is 3.49. The Hall–Kier alpha value is -2.62. The predicted octanol–water partition coefficient (Wildman–Crippen LogP) is 1.71. The van der Waals surface area contributed by atoms with Crippen LogP contribution in [0.1, 0.15) is 17.3 Å². The molecule has 2 aromatic carbocycles. The third-order valence-corrected chi connectivity index (χ3v) is 6.15. The van der Waals surface area contributed by atoms with E-state index in [0.29, 0.717) is 24.0 Å². The van der Waals surface area contributed by atoms with Gasteiger partial charge >= 0.3 is 5.97 Å². The van der Waals surface area contributed by atoms with Crippen molar-refractivity contribution in [1.82, 2.24) is 4.90 Å². The van der Waals surface area contributed by atoms with E-state index in [0.717, 1.165) is 31.9 Å². The molecule has 2 aromatic rings. The van der Waals surface area contributed by atoms with Gasteiger partial charge in [-0.05, 0) is 55.5 Å². The van der Waals surface area contributed by atoms with Crippen LogP contribution < -0.4 is 14.8 Å². The zero-order valence-electron chi connectivity index (χ0n) is 17.2. The summed E-state index contributed by atoms with van der Waals surface area (Å²) >= 11 is 0. The van der Waals surface area contributed by atoms with E-state index >= 15 is 0 Å². The molecular formula is C21H27N3O5S. The predicted molar refractivity (Wildman–Crippen MR) is 114 cm³/mol. The Balaban J connectivity index is 1.48. The summed E-state index contributed by atoms with van der Waals surface area (Å²) in [5.74, 6) is 0.276. The number of primary sulfonamides is 1. The van der Waals surface area contributed by atoms with Crippen LogP contribution in [0.4, 0.5) is 5.69 Å². The van der Waals surface area contributed by atoms with Crippen molar-refractivity contribution in [1.29, 1.82) is 0 Å². The number of methoxy groups -OCH3 is 1. The van der Waals surface area contributed by atoms with Crippen molar-refractivity contribution in [3.63, 3.8) is 0 Å². The maximum Gasteiger partial charge on any atom is 0.337 e. The first-order valence-corrected chi connectivity index (χ1v) is 11.3. The van der Waals surface area contributed by atoms with Crippen LogP contribution in [0.3, 0.4) is 0 Å². The molecule has 30 heavy (non-hydrogen) atoms. The number of rotatable bonds is 7. The molecule has 1 saturated heterocycles. The number of piperazine rings is 1. The van der Waals surface area contributed by atoms with Crippen LogP contribution in [0.2, 0.25) is 0 Å². The molecule has 1 heterocycles. The van der Waals surface area contributed by atoms with Crippen LogP contribution >= 0.6 is 0 Å². The second-order valence-electron chi connectivity index (χ2n) is 7.23. The van der Waals surface area contributed by atoms with Crippen molar-refractivity contribution in [2.45, 2.75) is 17.9 Å². The first-order valence-electron chi connectivity index (χ1n) is 9.71. The highest BCUT2D eigenvalue weighted by Crippen LogP contribution is 2.20. The molecule has 1 atom stereocenters. The normalized spacial score (nSPS) is 17.6. The highest BCUT2D eigenvalue weighted by atomic mass is 32.2. The molecule has 2 N–H and O–H groups in total. The van der Waals surface area contributed by atoms with E-state index in [2.05, 4.69) is 16.7 Å². The second kappa shape index (κ2) is 9.46. The van der Waals surface area contributed by atoms with Crippen molar-refractivity contribution in [2.24, 2.45) is 5.14 Å². The van der Waals surface area contributed by atoms with Crippen molar-refractivity contribution in [2.75, 3.05) is 44.8 Å². The number of anilines is 1. The van der Waals surface area contributed by atoms with Crippen LogP contribution in [-0.2, 0) is 14.8 Å². The number of carbonyl (C=O) groups excluding carboxylic acids is 1. The molecule has 0 aliphatic carbocycles. The molecule has 1 fully saturated rings. The van der Waals surface area contributed by atoms with Gasteiger partial charge in [0.25, 0.3) is 0 Å². The topological polar surface area (TPSA) is 102 Å². The average Bonchev–Trinajstić information content (AvgIpc) is 2.74. The van der Waals surface area contributed by atoms with Gasteiger partial charge in [-0.25, -0.2) is 18.4 Å². The van der Waals surface area contributed by atoms with Crippen molar-refractivity contribution >= 4 is 21.7 Å². The maximum absolute atomic E-state index is 11.6. The van der Waals surface area contributed by atoms with Gasteiger partial charge in [-0.3, -0.25) is 4.90 Å². The lowest BCUT2D eigenvalue weighted by atomic mass is 10.1. The van der Waals surface area contributed by atoms with E-state index in [4.69, 9.17) is 14.6 Å². The number of esters is 1. The SMILES string of the molecule is COC(=O)c1ccc(N2CCN(CCOc3ccc(S(N)(=O)=O)cc3)C(C)C2)cc1. The summed E-state index contributed by atoms with van der Waals surface area (Å²) in [5.41, 5.74) is 1.63. The molecule has 1 aliphatic heterocycles. The number of nitrogens with two attached hydrogens (primary N) is 1. The third-order valence-electron chi connectivity index (χ3n) is 5.22. The first kappa shape index (κ1) is 22.1. The summed E-state index contributed by atoms with van der Waals surface area (Å²) in [6, 6.07) is 13.9.